The van der Waals surface area contributed by atoms with Gasteiger partial charge >= 0.3 is 0 Å². The summed E-state index contributed by atoms with van der Waals surface area (Å²) >= 11 is 0. The van der Waals surface area contributed by atoms with Crippen LogP contribution in [0.1, 0.15) is 104 Å². The molecule has 5 aliphatic rings. The van der Waals surface area contributed by atoms with Crippen molar-refractivity contribution >= 4 is 11.8 Å². The van der Waals surface area contributed by atoms with E-state index >= 15 is 0 Å². The maximum Gasteiger partial charge on any atom is 0.239 e. The second kappa shape index (κ2) is 14.9. The summed E-state index contributed by atoms with van der Waals surface area (Å²) in [6.45, 7) is 9.33. The Hall–Kier alpha value is -1.22. The Kier molecular flexibility index (Phi) is 11.6. The van der Waals surface area contributed by atoms with E-state index in [4.69, 9.17) is 0 Å². The van der Waals surface area contributed by atoms with E-state index in [2.05, 4.69) is 62.5 Å². The molecule has 5 rings (SSSR count). The largest absolute Gasteiger partial charge is 0.393 e. The Labute approximate surface area is 274 Å². The fourth-order valence-corrected chi connectivity index (χ4v) is 11.2. The molecule has 0 spiro atoms. The number of hydrogen-bond donors (Lipinski definition) is 3. The highest BCUT2D eigenvalue weighted by Crippen LogP contribution is 2.67. The molecule has 1 aliphatic heterocycles. The van der Waals surface area contributed by atoms with Crippen LogP contribution in [0.4, 0.5) is 0 Å². The summed E-state index contributed by atoms with van der Waals surface area (Å²) in [5.41, 5.74) is 0.791. The van der Waals surface area contributed by atoms with Crippen LogP contribution in [-0.2, 0) is 9.59 Å². The summed E-state index contributed by atoms with van der Waals surface area (Å²) < 4.78 is 0. The number of carbonyl (C=O) groups is 2. The van der Waals surface area contributed by atoms with E-state index in [9.17, 15) is 14.7 Å². The lowest BCUT2D eigenvalue weighted by atomic mass is 9.44. The SMILES string of the molecule is CN(C)CCCN(CCCN(C)C)C(=O)[C@@H]1C[C@H](NC(=O)CCC2CCC3C4CCC5C[C@H](O)CC[C@]5(C)C4CC[C@]23C)CN1. The van der Waals surface area contributed by atoms with E-state index in [-0.39, 0.29) is 30.0 Å². The zero-order valence-corrected chi connectivity index (χ0v) is 29.7. The number of aliphatic hydroxyl groups excluding tert-OH is 1. The molecule has 5 fully saturated rings. The zero-order valence-electron chi connectivity index (χ0n) is 29.7. The molecule has 0 aromatic carbocycles. The van der Waals surface area contributed by atoms with Crippen LogP contribution in [0.15, 0.2) is 0 Å². The smallest absolute Gasteiger partial charge is 0.239 e. The average molecular weight is 630 g/mol. The third-order valence-corrected chi connectivity index (χ3v) is 13.7. The standard InChI is InChI=1S/C37H67N5O3/c1-36-18-16-32-30(12-9-27-23-29(43)15-17-37(27,32)2)31(36)13-10-26(36)11-14-34(44)39-28-24-33(38-25-28)35(45)42(21-7-19-40(3)4)22-8-20-41(5)6/h26-33,38,43H,7-25H2,1-6H3,(H,39,44)/t26?,27?,28-,29+,30?,31?,32?,33-,36+,37-/m0/s1. The number of rotatable bonds is 13. The minimum absolute atomic E-state index is 0.0316. The molecule has 3 N–H and O–H groups in total. The summed E-state index contributed by atoms with van der Waals surface area (Å²) in [4.78, 5) is 33.1. The third-order valence-electron chi connectivity index (χ3n) is 13.7. The molecule has 5 unspecified atom stereocenters. The van der Waals surface area contributed by atoms with E-state index in [1.54, 1.807) is 0 Å². The van der Waals surface area contributed by atoms with Gasteiger partial charge in [-0.05, 0) is 165 Å². The Bertz CT molecular complexity index is 993. The van der Waals surface area contributed by atoms with Crippen molar-refractivity contribution in [2.75, 3.05) is 60.9 Å². The van der Waals surface area contributed by atoms with Gasteiger partial charge in [-0.3, -0.25) is 9.59 Å². The van der Waals surface area contributed by atoms with Crippen LogP contribution in [0.2, 0.25) is 0 Å². The zero-order chi connectivity index (χ0) is 32.4. The molecule has 0 aromatic heterocycles. The molecule has 0 bridgehead atoms. The number of fused-ring (bicyclic) bond motifs is 5. The van der Waals surface area contributed by atoms with Crippen LogP contribution in [0.3, 0.4) is 0 Å². The molecular formula is C37H67N5O3. The van der Waals surface area contributed by atoms with Gasteiger partial charge in [0.2, 0.25) is 11.8 Å². The van der Waals surface area contributed by atoms with Crippen LogP contribution < -0.4 is 10.6 Å². The van der Waals surface area contributed by atoms with Crippen LogP contribution in [0.5, 0.6) is 0 Å². The first-order chi connectivity index (χ1) is 21.4. The van der Waals surface area contributed by atoms with Gasteiger partial charge in [0.25, 0.3) is 0 Å². The lowest BCUT2D eigenvalue weighted by Crippen LogP contribution is -2.53. The first-order valence-corrected chi connectivity index (χ1v) is 18.7. The second-order valence-corrected chi connectivity index (χ2v) is 17.0. The van der Waals surface area contributed by atoms with Crippen molar-refractivity contribution in [3.63, 3.8) is 0 Å². The number of aliphatic hydroxyl groups is 1. The molecule has 1 saturated heterocycles. The van der Waals surface area contributed by atoms with Gasteiger partial charge in [0.05, 0.1) is 12.1 Å². The highest BCUT2D eigenvalue weighted by Gasteiger charge is 2.59. The maximum absolute atomic E-state index is 13.5. The maximum atomic E-state index is 13.5. The highest BCUT2D eigenvalue weighted by molar-refractivity contribution is 5.83. The molecule has 0 radical (unpaired) electrons. The quantitative estimate of drug-likeness (QED) is 0.281. The monoisotopic (exact) mass is 630 g/mol. The predicted octanol–water partition coefficient (Wildman–Crippen LogP) is 4.37. The molecule has 4 saturated carbocycles. The van der Waals surface area contributed by atoms with E-state index in [0.717, 1.165) is 76.0 Å². The number of hydrogen-bond acceptors (Lipinski definition) is 6. The molecule has 10 atom stereocenters. The summed E-state index contributed by atoms with van der Waals surface area (Å²) in [6.07, 6.45) is 15.3. The Balaban J connectivity index is 1.08. The first-order valence-electron chi connectivity index (χ1n) is 18.7. The number of nitrogens with one attached hydrogen (secondary N) is 2. The highest BCUT2D eigenvalue weighted by atomic mass is 16.3. The first kappa shape index (κ1) is 35.1. The molecular weight excluding hydrogens is 562 g/mol. The molecule has 8 nitrogen and oxygen atoms in total. The predicted molar refractivity (Wildman–Crippen MR) is 182 cm³/mol. The Morgan fingerprint density at radius 3 is 2.18 bits per heavy atom. The van der Waals surface area contributed by atoms with E-state index in [1.165, 1.54) is 44.9 Å². The Morgan fingerprint density at radius 1 is 0.822 bits per heavy atom. The summed E-state index contributed by atoms with van der Waals surface area (Å²) in [7, 11) is 8.31. The molecule has 45 heavy (non-hydrogen) atoms. The van der Waals surface area contributed by atoms with Crippen LogP contribution >= 0.6 is 0 Å². The number of carbonyl (C=O) groups excluding carboxylic acids is 2. The Morgan fingerprint density at radius 2 is 1.49 bits per heavy atom. The van der Waals surface area contributed by atoms with Crippen molar-refractivity contribution < 1.29 is 14.7 Å². The van der Waals surface area contributed by atoms with Gasteiger partial charge in [-0.15, -0.1) is 0 Å². The topological polar surface area (TPSA) is 88.2 Å². The second-order valence-electron chi connectivity index (χ2n) is 17.0. The summed E-state index contributed by atoms with van der Waals surface area (Å²) in [5.74, 6) is 4.17. The third kappa shape index (κ3) is 7.92. The lowest BCUT2D eigenvalue weighted by Gasteiger charge is -2.61. The van der Waals surface area contributed by atoms with Gasteiger partial charge in [0.15, 0.2) is 0 Å². The lowest BCUT2D eigenvalue weighted by molar-refractivity contribution is -0.133. The van der Waals surface area contributed by atoms with Crippen molar-refractivity contribution in [2.45, 2.75) is 122 Å². The van der Waals surface area contributed by atoms with Crippen molar-refractivity contribution in [3.8, 4) is 0 Å². The van der Waals surface area contributed by atoms with Crippen molar-refractivity contribution in [2.24, 2.45) is 40.4 Å². The molecule has 8 heteroatoms. The van der Waals surface area contributed by atoms with E-state index < -0.39 is 0 Å². The minimum atomic E-state index is -0.205. The molecule has 258 valence electrons. The average Bonchev–Trinajstić information content (AvgIpc) is 3.58. The van der Waals surface area contributed by atoms with Crippen molar-refractivity contribution in [1.29, 1.82) is 0 Å². The van der Waals surface area contributed by atoms with E-state index in [1.807, 2.05) is 4.90 Å². The molecule has 0 aromatic rings. The van der Waals surface area contributed by atoms with Gasteiger partial charge in [-0.1, -0.05) is 13.8 Å². The summed E-state index contributed by atoms with van der Waals surface area (Å²) in [5, 5.41) is 17.1. The number of amides is 2. The van der Waals surface area contributed by atoms with Crippen molar-refractivity contribution in [1.82, 2.24) is 25.3 Å². The van der Waals surface area contributed by atoms with E-state index in [0.29, 0.717) is 42.1 Å². The molecule has 4 aliphatic carbocycles. The van der Waals surface area contributed by atoms with Gasteiger partial charge in [0.1, 0.15) is 0 Å². The normalized spacial score (nSPS) is 39.4. The van der Waals surface area contributed by atoms with Crippen molar-refractivity contribution in [3.05, 3.63) is 0 Å². The van der Waals surface area contributed by atoms with Crippen LogP contribution in [0, 0.1) is 40.4 Å². The fraction of sp³-hybridized carbons (Fsp3) is 0.946. The van der Waals surface area contributed by atoms with Gasteiger partial charge < -0.3 is 30.4 Å². The fourth-order valence-electron chi connectivity index (χ4n) is 11.2. The van der Waals surface area contributed by atoms with Crippen LogP contribution in [0.25, 0.3) is 0 Å². The van der Waals surface area contributed by atoms with Gasteiger partial charge in [-0.25, -0.2) is 0 Å². The number of nitrogens with zero attached hydrogens (tertiary/aromatic N) is 3. The molecule has 1 heterocycles. The van der Waals surface area contributed by atoms with Gasteiger partial charge in [-0.2, -0.15) is 0 Å². The van der Waals surface area contributed by atoms with Crippen LogP contribution in [-0.4, -0.2) is 111 Å². The minimum Gasteiger partial charge on any atom is -0.393 e. The van der Waals surface area contributed by atoms with Gasteiger partial charge in [0, 0.05) is 32.1 Å². The molecule has 2 amide bonds. The summed E-state index contributed by atoms with van der Waals surface area (Å²) in [6, 6.07) is -0.174.